The number of carbonyl (C=O) groups is 2. The molecular weight excluding hydrogens is 372 g/mol. The van der Waals surface area contributed by atoms with Gasteiger partial charge in [0.05, 0.1) is 11.5 Å². The fourth-order valence-corrected chi connectivity index (χ4v) is 4.45. The molecule has 150 valence electrons. The van der Waals surface area contributed by atoms with Gasteiger partial charge in [0.25, 0.3) is 0 Å². The van der Waals surface area contributed by atoms with Crippen LogP contribution in [0.2, 0.25) is 0 Å². The standard InChI is InChI=1S/C17H26N4O5S/c1-17(2,3)13-11-14(19-26-13)18-15(22)12-5-4-6-21(12)16(23)20-7-9-27(24,25)10-8-20/h11-12H,4-10H2,1-3H3,(H,18,19,22)/t12-/m0/s1. The minimum atomic E-state index is -3.06. The molecule has 1 aromatic rings. The highest BCUT2D eigenvalue weighted by Gasteiger charge is 2.38. The van der Waals surface area contributed by atoms with E-state index in [4.69, 9.17) is 4.52 Å². The molecule has 2 fully saturated rings. The summed E-state index contributed by atoms with van der Waals surface area (Å²) in [5, 5.41) is 6.61. The van der Waals surface area contributed by atoms with Crippen molar-refractivity contribution in [3.8, 4) is 0 Å². The largest absolute Gasteiger partial charge is 0.359 e. The molecule has 9 nitrogen and oxygen atoms in total. The van der Waals surface area contributed by atoms with E-state index in [0.717, 1.165) is 6.42 Å². The molecule has 0 aromatic carbocycles. The Morgan fingerprint density at radius 1 is 1.22 bits per heavy atom. The maximum absolute atomic E-state index is 12.8. The lowest BCUT2D eigenvalue weighted by Gasteiger charge is -2.33. The molecular formula is C17H26N4O5S. The van der Waals surface area contributed by atoms with Crippen molar-refractivity contribution in [2.24, 2.45) is 0 Å². The SMILES string of the molecule is CC(C)(C)c1cc(NC(=O)[C@@H]2CCCN2C(=O)N2CCS(=O)(=O)CC2)no1. The van der Waals surface area contributed by atoms with Crippen LogP contribution in [-0.4, -0.2) is 72.5 Å². The molecule has 2 aliphatic heterocycles. The van der Waals surface area contributed by atoms with Gasteiger partial charge in [-0.3, -0.25) is 4.79 Å². The molecule has 2 aliphatic rings. The van der Waals surface area contributed by atoms with Gasteiger partial charge in [0.15, 0.2) is 15.7 Å². The van der Waals surface area contributed by atoms with Gasteiger partial charge in [0.2, 0.25) is 5.91 Å². The van der Waals surface area contributed by atoms with Crippen LogP contribution in [0.25, 0.3) is 0 Å². The first-order chi connectivity index (χ1) is 12.6. The highest BCUT2D eigenvalue weighted by molar-refractivity contribution is 7.91. The molecule has 0 aliphatic carbocycles. The van der Waals surface area contributed by atoms with Gasteiger partial charge in [0.1, 0.15) is 11.8 Å². The molecule has 1 atom stereocenters. The van der Waals surface area contributed by atoms with Crippen molar-refractivity contribution < 1.29 is 22.5 Å². The van der Waals surface area contributed by atoms with Crippen molar-refractivity contribution in [1.82, 2.24) is 15.0 Å². The number of rotatable bonds is 2. The summed E-state index contributed by atoms with van der Waals surface area (Å²) in [6, 6.07) is 0.818. The third-order valence-electron chi connectivity index (χ3n) is 4.92. The van der Waals surface area contributed by atoms with Crippen LogP contribution in [0.1, 0.15) is 39.4 Å². The molecule has 3 rings (SSSR count). The van der Waals surface area contributed by atoms with Gasteiger partial charge in [-0.25, -0.2) is 13.2 Å². The third-order valence-corrected chi connectivity index (χ3v) is 6.53. The van der Waals surface area contributed by atoms with Crippen molar-refractivity contribution in [1.29, 1.82) is 0 Å². The first-order valence-electron chi connectivity index (χ1n) is 9.11. The first kappa shape index (κ1) is 19.7. The molecule has 1 aromatic heterocycles. The molecule has 0 bridgehead atoms. The average Bonchev–Trinajstić information content (AvgIpc) is 3.22. The van der Waals surface area contributed by atoms with E-state index in [1.807, 2.05) is 20.8 Å². The molecule has 1 N–H and O–H groups in total. The first-order valence-corrected chi connectivity index (χ1v) is 10.9. The number of hydrogen-bond donors (Lipinski definition) is 1. The number of carbonyl (C=O) groups excluding carboxylic acids is 2. The average molecular weight is 398 g/mol. The minimum Gasteiger partial charge on any atom is -0.359 e. The van der Waals surface area contributed by atoms with Gasteiger partial charge >= 0.3 is 6.03 Å². The van der Waals surface area contributed by atoms with Crippen LogP contribution >= 0.6 is 0 Å². The van der Waals surface area contributed by atoms with Crippen molar-refractivity contribution in [2.45, 2.75) is 45.1 Å². The van der Waals surface area contributed by atoms with E-state index >= 15 is 0 Å². The van der Waals surface area contributed by atoms with Gasteiger partial charge in [-0.05, 0) is 12.8 Å². The van der Waals surface area contributed by atoms with Gasteiger partial charge in [-0.2, -0.15) is 0 Å². The number of anilines is 1. The predicted molar refractivity (Wildman–Crippen MR) is 99.2 cm³/mol. The highest BCUT2D eigenvalue weighted by atomic mass is 32.2. The molecule has 0 spiro atoms. The smallest absolute Gasteiger partial charge is 0.320 e. The summed E-state index contributed by atoms with van der Waals surface area (Å²) in [4.78, 5) is 28.5. The van der Waals surface area contributed by atoms with Crippen LogP contribution in [0, 0.1) is 0 Å². The maximum Gasteiger partial charge on any atom is 0.320 e. The number of sulfone groups is 1. The van der Waals surface area contributed by atoms with E-state index in [9.17, 15) is 18.0 Å². The van der Waals surface area contributed by atoms with Gasteiger partial charge in [-0.1, -0.05) is 25.9 Å². The summed E-state index contributed by atoms with van der Waals surface area (Å²) in [5.41, 5.74) is -0.222. The van der Waals surface area contributed by atoms with Crippen LogP contribution in [-0.2, 0) is 20.0 Å². The second-order valence-corrected chi connectivity index (χ2v) is 10.4. The zero-order chi connectivity index (χ0) is 19.8. The Hall–Kier alpha value is -2.10. The Morgan fingerprint density at radius 2 is 1.89 bits per heavy atom. The van der Waals surface area contributed by atoms with Gasteiger partial charge in [0, 0.05) is 31.1 Å². The lowest BCUT2D eigenvalue weighted by Crippen LogP contribution is -2.53. The predicted octanol–water partition coefficient (Wildman–Crippen LogP) is 1.23. The van der Waals surface area contributed by atoms with Crippen LogP contribution < -0.4 is 5.32 Å². The van der Waals surface area contributed by atoms with E-state index in [1.165, 1.54) is 9.80 Å². The summed E-state index contributed by atoms with van der Waals surface area (Å²) in [7, 11) is -3.06. The van der Waals surface area contributed by atoms with Crippen molar-refractivity contribution >= 4 is 27.6 Å². The highest BCUT2D eigenvalue weighted by Crippen LogP contribution is 2.26. The summed E-state index contributed by atoms with van der Waals surface area (Å²) >= 11 is 0. The minimum absolute atomic E-state index is 0.0298. The zero-order valence-electron chi connectivity index (χ0n) is 15.9. The lowest BCUT2D eigenvalue weighted by molar-refractivity contribution is -0.119. The molecule has 10 heteroatoms. The number of urea groups is 1. The molecule has 0 radical (unpaired) electrons. The van der Waals surface area contributed by atoms with E-state index in [-0.39, 0.29) is 41.9 Å². The van der Waals surface area contributed by atoms with Gasteiger partial charge in [-0.15, -0.1) is 0 Å². The quantitative estimate of drug-likeness (QED) is 0.802. The monoisotopic (exact) mass is 398 g/mol. The Balaban J connectivity index is 1.64. The normalized spacial score (nSPS) is 22.7. The number of amides is 3. The molecule has 2 saturated heterocycles. The van der Waals surface area contributed by atoms with E-state index in [2.05, 4.69) is 10.5 Å². The van der Waals surface area contributed by atoms with E-state index < -0.39 is 15.9 Å². The van der Waals surface area contributed by atoms with E-state index in [1.54, 1.807) is 6.07 Å². The van der Waals surface area contributed by atoms with Crippen molar-refractivity contribution in [2.75, 3.05) is 36.5 Å². The number of aromatic nitrogens is 1. The zero-order valence-corrected chi connectivity index (χ0v) is 16.7. The van der Waals surface area contributed by atoms with Crippen LogP contribution in [0.4, 0.5) is 10.6 Å². The number of nitrogens with one attached hydrogen (secondary N) is 1. The van der Waals surface area contributed by atoms with Crippen LogP contribution in [0.15, 0.2) is 10.6 Å². The maximum atomic E-state index is 12.8. The Kier molecular flexibility index (Phi) is 5.20. The molecule has 3 heterocycles. The van der Waals surface area contributed by atoms with Crippen LogP contribution in [0.3, 0.4) is 0 Å². The Morgan fingerprint density at radius 3 is 2.48 bits per heavy atom. The van der Waals surface area contributed by atoms with Gasteiger partial charge < -0.3 is 19.6 Å². The van der Waals surface area contributed by atoms with Crippen molar-refractivity contribution in [3.63, 3.8) is 0 Å². The fourth-order valence-electron chi connectivity index (χ4n) is 3.25. The lowest BCUT2D eigenvalue weighted by atomic mass is 9.93. The summed E-state index contributed by atoms with van der Waals surface area (Å²) < 4.78 is 28.4. The summed E-state index contributed by atoms with van der Waals surface area (Å²) in [6.45, 7) is 6.76. The number of likely N-dealkylation sites (tertiary alicyclic amines) is 1. The number of nitrogens with zero attached hydrogens (tertiary/aromatic N) is 3. The molecule has 27 heavy (non-hydrogen) atoms. The second kappa shape index (κ2) is 7.14. The summed E-state index contributed by atoms with van der Waals surface area (Å²) in [6.07, 6.45) is 1.29. The second-order valence-electron chi connectivity index (χ2n) is 8.09. The molecule has 0 unspecified atom stereocenters. The molecule has 3 amide bonds. The Bertz CT molecular complexity index is 813. The number of hydrogen-bond acceptors (Lipinski definition) is 6. The van der Waals surface area contributed by atoms with Crippen molar-refractivity contribution in [3.05, 3.63) is 11.8 Å². The topological polar surface area (TPSA) is 113 Å². The van der Waals surface area contributed by atoms with Crippen LogP contribution in [0.5, 0.6) is 0 Å². The summed E-state index contributed by atoms with van der Waals surface area (Å²) in [5.74, 6) is 0.620. The Labute approximate surface area is 159 Å². The third kappa shape index (κ3) is 4.42. The fraction of sp³-hybridized carbons (Fsp3) is 0.706. The van der Waals surface area contributed by atoms with E-state index in [0.29, 0.717) is 24.5 Å². The molecule has 0 saturated carbocycles.